The zero-order valence-corrected chi connectivity index (χ0v) is 11.7. The van der Waals surface area contributed by atoms with E-state index >= 15 is 0 Å². The minimum atomic E-state index is -0.359. The van der Waals surface area contributed by atoms with E-state index in [2.05, 4.69) is 6.08 Å². The van der Waals surface area contributed by atoms with Gasteiger partial charge in [-0.15, -0.1) is 0 Å². The van der Waals surface area contributed by atoms with E-state index in [0.717, 1.165) is 29.5 Å². The molecule has 1 aliphatic carbocycles. The van der Waals surface area contributed by atoms with Gasteiger partial charge in [0.25, 0.3) is 0 Å². The van der Waals surface area contributed by atoms with Gasteiger partial charge >= 0.3 is 5.97 Å². The Hall–Kier alpha value is -2.42. The number of halogens is 1. The summed E-state index contributed by atoms with van der Waals surface area (Å²) >= 11 is 0. The van der Waals surface area contributed by atoms with E-state index in [1.54, 1.807) is 12.1 Å². The lowest BCUT2D eigenvalue weighted by atomic mass is 9.86. The fourth-order valence-electron chi connectivity index (χ4n) is 2.70. The molecule has 1 aliphatic rings. The lowest BCUT2D eigenvalue weighted by Gasteiger charge is -2.19. The van der Waals surface area contributed by atoms with E-state index in [0.29, 0.717) is 5.56 Å². The zero-order chi connectivity index (χ0) is 14.8. The highest BCUT2D eigenvalue weighted by Crippen LogP contribution is 2.32. The van der Waals surface area contributed by atoms with Gasteiger partial charge in [0.05, 0.1) is 12.7 Å². The Balaban J connectivity index is 2.10. The second-order valence-corrected chi connectivity index (χ2v) is 5.03. The summed E-state index contributed by atoms with van der Waals surface area (Å²) in [5, 5.41) is 0. The fraction of sp³-hybridized carbons (Fsp3) is 0.167. The van der Waals surface area contributed by atoms with Gasteiger partial charge in [0.1, 0.15) is 5.82 Å². The van der Waals surface area contributed by atoms with Gasteiger partial charge in [0.15, 0.2) is 0 Å². The SMILES string of the molecule is COC(=O)c1ccc2c(c1)C(c1cccc(F)c1)=CCC2. The molecule has 2 aromatic rings. The van der Waals surface area contributed by atoms with Crippen molar-refractivity contribution in [3.05, 3.63) is 76.6 Å². The van der Waals surface area contributed by atoms with Crippen LogP contribution in [-0.2, 0) is 11.2 Å². The number of ether oxygens (including phenoxy) is 1. The van der Waals surface area contributed by atoms with Gasteiger partial charge < -0.3 is 4.74 Å². The summed E-state index contributed by atoms with van der Waals surface area (Å²) in [7, 11) is 1.37. The molecule has 0 atom stereocenters. The summed E-state index contributed by atoms with van der Waals surface area (Å²) in [5.41, 5.74) is 4.47. The van der Waals surface area contributed by atoms with E-state index in [9.17, 15) is 9.18 Å². The van der Waals surface area contributed by atoms with Gasteiger partial charge in [0, 0.05) is 0 Å². The summed E-state index contributed by atoms with van der Waals surface area (Å²) in [4.78, 5) is 11.7. The molecule has 0 N–H and O–H groups in total. The predicted molar refractivity (Wildman–Crippen MR) is 79.6 cm³/mol. The lowest BCUT2D eigenvalue weighted by Crippen LogP contribution is -2.06. The lowest BCUT2D eigenvalue weighted by molar-refractivity contribution is 0.0600. The largest absolute Gasteiger partial charge is 0.465 e. The highest BCUT2D eigenvalue weighted by atomic mass is 19.1. The zero-order valence-electron chi connectivity index (χ0n) is 11.7. The molecule has 0 spiro atoms. The molecule has 21 heavy (non-hydrogen) atoms. The number of aryl methyl sites for hydroxylation is 1. The first kappa shape index (κ1) is 13.6. The van der Waals surface area contributed by atoms with Gasteiger partial charge in [0.2, 0.25) is 0 Å². The van der Waals surface area contributed by atoms with Crippen LogP contribution in [0.4, 0.5) is 4.39 Å². The molecule has 0 radical (unpaired) electrons. The number of benzene rings is 2. The Morgan fingerprint density at radius 1 is 1.19 bits per heavy atom. The molecule has 2 nitrogen and oxygen atoms in total. The maximum absolute atomic E-state index is 13.5. The maximum Gasteiger partial charge on any atom is 0.337 e. The van der Waals surface area contributed by atoms with Gasteiger partial charge in [-0.05, 0) is 59.4 Å². The monoisotopic (exact) mass is 282 g/mol. The quantitative estimate of drug-likeness (QED) is 0.778. The minimum absolute atomic E-state index is 0.260. The Kier molecular flexibility index (Phi) is 3.57. The first-order valence-corrected chi connectivity index (χ1v) is 6.87. The molecule has 0 bridgehead atoms. The number of rotatable bonds is 2. The Morgan fingerprint density at radius 3 is 2.81 bits per heavy atom. The molecule has 3 rings (SSSR count). The van der Waals surface area contributed by atoms with Crippen LogP contribution in [0.25, 0.3) is 5.57 Å². The van der Waals surface area contributed by atoms with Crippen LogP contribution in [0, 0.1) is 5.82 Å². The highest BCUT2D eigenvalue weighted by molar-refractivity contribution is 5.92. The number of hydrogen-bond donors (Lipinski definition) is 0. The topological polar surface area (TPSA) is 26.3 Å². The van der Waals surface area contributed by atoms with Crippen molar-refractivity contribution in [2.45, 2.75) is 12.8 Å². The second kappa shape index (κ2) is 5.52. The third-order valence-electron chi connectivity index (χ3n) is 3.72. The standard InChI is InChI=1S/C18H15FO2/c1-21-18(20)14-9-8-12-4-3-7-16(17(12)11-14)13-5-2-6-15(19)10-13/h2,5-11H,3-4H2,1H3. The van der Waals surface area contributed by atoms with E-state index in [-0.39, 0.29) is 11.8 Å². The number of allylic oxidation sites excluding steroid dienone is 1. The van der Waals surface area contributed by atoms with Crippen molar-refractivity contribution < 1.29 is 13.9 Å². The van der Waals surface area contributed by atoms with Crippen LogP contribution in [0.2, 0.25) is 0 Å². The van der Waals surface area contributed by atoms with E-state index < -0.39 is 0 Å². The van der Waals surface area contributed by atoms with Crippen molar-refractivity contribution in [2.75, 3.05) is 7.11 Å². The number of fused-ring (bicyclic) bond motifs is 1. The van der Waals surface area contributed by atoms with Crippen LogP contribution in [0.15, 0.2) is 48.5 Å². The summed E-state index contributed by atoms with van der Waals surface area (Å²) in [5.74, 6) is -0.619. The van der Waals surface area contributed by atoms with Crippen LogP contribution in [-0.4, -0.2) is 13.1 Å². The fourth-order valence-corrected chi connectivity index (χ4v) is 2.70. The summed E-state index contributed by atoms with van der Waals surface area (Å²) in [6.07, 6.45) is 3.93. The molecule has 0 unspecified atom stereocenters. The Labute approximate surface area is 122 Å². The van der Waals surface area contributed by atoms with Gasteiger partial charge in [-0.25, -0.2) is 9.18 Å². The molecule has 0 fully saturated rings. The molecule has 0 amide bonds. The molecule has 0 saturated heterocycles. The van der Waals surface area contributed by atoms with Crippen LogP contribution in [0.5, 0.6) is 0 Å². The number of methoxy groups -OCH3 is 1. The normalized spacial score (nSPS) is 13.3. The number of hydrogen-bond acceptors (Lipinski definition) is 2. The van der Waals surface area contributed by atoms with E-state index in [1.807, 2.05) is 18.2 Å². The van der Waals surface area contributed by atoms with Crippen molar-refractivity contribution in [1.29, 1.82) is 0 Å². The first-order chi connectivity index (χ1) is 10.2. The smallest absolute Gasteiger partial charge is 0.337 e. The number of esters is 1. The molecular formula is C18H15FO2. The number of carbonyl (C=O) groups is 1. The molecule has 0 aliphatic heterocycles. The molecule has 0 heterocycles. The molecule has 2 aromatic carbocycles. The summed E-state index contributed by atoms with van der Waals surface area (Å²) in [6, 6.07) is 12.1. The maximum atomic E-state index is 13.5. The van der Waals surface area contributed by atoms with Crippen molar-refractivity contribution in [3.63, 3.8) is 0 Å². The van der Waals surface area contributed by atoms with E-state index in [4.69, 9.17) is 4.74 Å². The first-order valence-electron chi connectivity index (χ1n) is 6.87. The van der Waals surface area contributed by atoms with Crippen molar-refractivity contribution in [1.82, 2.24) is 0 Å². The molecule has 3 heteroatoms. The average molecular weight is 282 g/mol. The highest BCUT2D eigenvalue weighted by Gasteiger charge is 2.17. The molecular weight excluding hydrogens is 267 g/mol. The van der Waals surface area contributed by atoms with Gasteiger partial charge in [-0.2, -0.15) is 0 Å². The average Bonchev–Trinajstić information content (AvgIpc) is 2.53. The van der Waals surface area contributed by atoms with Crippen LogP contribution < -0.4 is 0 Å². The van der Waals surface area contributed by atoms with Crippen LogP contribution in [0.3, 0.4) is 0 Å². The summed E-state index contributed by atoms with van der Waals surface area (Å²) < 4.78 is 18.2. The number of carbonyl (C=O) groups excluding carboxylic acids is 1. The Morgan fingerprint density at radius 2 is 2.05 bits per heavy atom. The molecule has 106 valence electrons. The van der Waals surface area contributed by atoms with Crippen molar-refractivity contribution >= 4 is 11.5 Å². The van der Waals surface area contributed by atoms with Gasteiger partial charge in [-0.1, -0.05) is 24.3 Å². The van der Waals surface area contributed by atoms with Crippen molar-refractivity contribution in [3.8, 4) is 0 Å². The van der Waals surface area contributed by atoms with E-state index in [1.165, 1.54) is 24.8 Å². The van der Waals surface area contributed by atoms with Crippen LogP contribution >= 0.6 is 0 Å². The predicted octanol–water partition coefficient (Wildman–Crippen LogP) is 3.99. The summed E-state index contributed by atoms with van der Waals surface area (Å²) in [6.45, 7) is 0. The second-order valence-electron chi connectivity index (χ2n) is 5.03. The molecule has 0 saturated carbocycles. The minimum Gasteiger partial charge on any atom is -0.465 e. The molecule has 0 aromatic heterocycles. The third kappa shape index (κ3) is 2.59. The van der Waals surface area contributed by atoms with Gasteiger partial charge in [-0.3, -0.25) is 0 Å². The Bertz CT molecular complexity index is 732. The third-order valence-corrected chi connectivity index (χ3v) is 3.72. The van der Waals surface area contributed by atoms with Crippen LogP contribution in [0.1, 0.15) is 33.5 Å². The van der Waals surface area contributed by atoms with Crippen molar-refractivity contribution in [2.24, 2.45) is 0 Å².